The van der Waals surface area contributed by atoms with Gasteiger partial charge in [-0.05, 0) is 0 Å². The van der Waals surface area contributed by atoms with Crippen LogP contribution >= 0.6 is 0 Å². The van der Waals surface area contributed by atoms with Crippen molar-refractivity contribution in [2.45, 2.75) is 18.8 Å². The third-order valence-corrected chi connectivity index (χ3v) is 2.72. The van der Waals surface area contributed by atoms with E-state index in [1.165, 1.54) is 0 Å². The largest absolute Gasteiger partial charge is 0.425 e. The molecule has 0 aromatic carbocycles. The molecule has 0 aliphatic carbocycles. The Hall–Kier alpha value is -1.36. The zero-order valence-electron chi connectivity index (χ0n) is 8.41. The highest BCUT2D eigenvalue weighted by molar-refractivity contribution is 6.15. The van der Waals surface area contributed by atoms with E-state index in [1.807, 2.05) is 0 Å². The van der Waals surface area contributed by atoms with Gasteiger partial charge in [0.15, 0.2) is 0 Å². The molecule has 4 nitrogen and oxygen atoms in total. The van der Waals surface area contributed by atoms with Gasteiger partial charge in [-0.2, -0.15) is 0 Å². The van der Waals surface area contributed by atoms with Crippen molar-refractivity contribution in [2.75, 3.05) is 0 Å². The highest BCUT2D eigenvalue weighted by atomic mass is 28.1. The van der Waals surface area contributed by atoms with Gasteiger partial charge in [0.2, 0.25) is 5.41 Å². The van der Waals surface area contributed by atoms with Gasteiger partial charge in [0.05, 0.1) is 0 Å². The molecular weight excluding hydrogens is 200 g/mol. The van der Waals surface area contributed by atoms with Gasteiger partial charge in [-0.3, -0.25) is 0 Å². The molecule has 0 heterocycles. The molecule has 0 fully saturated rings. The topological polar surface area (TPSA) is 52.6 Å². The van der Waals surface area contributed by atoms with E-state index < -0.39 is 17.3 Å². The van der Waals surface area contributed by atoms with Crippen LogP contribution in [-0.2, 0) is 19.1 Å². The minimum atomic E-state index is -1.11. The highest BCUT2D eigenvalue weighted by Gasteiger charge is 2.28. The van der Waals surface area contributed by atoms with E-state index >= 15 is 0 Å². The van der Waals surface area contributed by atoms with Gasteiger partial charge in [0.1, 0.15) is 10.2 Å². The van der Waals surface area contributed by atoms with Crippen LogP contribution in [0.2, 0.25) is 0 Å². The Morgan fingerprint density at radius 1 is 1.29 bits per heavy atom. The molecule has 0 aromatic heterocycles. The average molecular weight is 214 g/mol. The fourth-order valence-corrected chi connectivity index (χ4v) is 1.08. The molecule has 0 aliphatic heterocycles. The first kappa shape index (κ1) is 12.6. The molecule has 14 heavy (non-hydrogen) atoms. The van der Waals surface area contributed by atoms with Gasteiger partial charge < -0.3 is 9.47 Å². The summed E-state index contributed by atoms with van der Waals surface area (Å²) in [5.74, 6) is -1.20. The number of carbonyl (C=O) groups is 2. The normalized spacial score (nSPS) is 10.4. The second kappa shape index (κ2) is 5.38. The highest BCUT2D eigenvalue weighted by Crippen LogP contribution is 2.14. The van der Waals surface area contributed by atoms with Crippen LogP contribution in [0.25, 0.3) is 0 Å². The van der Waals surface area contributed by atoms with Gasteiger partial charge >= 0.3 is 11.9 Å². The van der Waals surface area contributed by atoms with Crippen LogP contribution in [0.3, 0.4) is 0 Å². The number of hydrogen-bond donors (Lipinski definition) is 0. The van der Waals surface area contributed by atoms with Gasteiger partial charge in [-0.25, -0.2) is 9.59 Å². The average Bonchev–Trinajstić information content (AvgIpc) is 2.17. The number of esters is 2. The Labute approximate surface area is 86.0 Å². The lowest BCUT2D eigenvalue weighted by molar-refractivity contribution is -0.194. The predicted molar refractivity (Wildman–Crippen MR) is 55.5 cm³/mol. The van der Waals surface area contributed by atoms with E-state index in [9.17, 15) is 9.59 Å². The van der Waals surface area contributed by atoms with Crippen LogP contribution in [0.4, 0.5) is 0 Å². The molecule has 0 aliphatic rings. The maximum Gasteiger partial charge on any atom is 0.333 e. The van der Waals surface area contributed by atoms with E-state index in [-0.39, 0.29) is 0 Å². The van der Waals surface area contributed by atoms with E-state index in [4.69, 9.17) is 9.47 Å². The molecule has 78 valence electrons. The first-order valence-electron chi connectivity index (χ1n) is 4.18. The van der Waals surface area contributed by atoms with Crippen molar-refractivity contribution in [2.24, 2.45) is 0 Å². The summed E-state index contributed by atoms with van der Waals surface area (Å²) < 4.78 is 9.85. The molecule has 0 unspecified atom stereocenters. The Bertz CT molecular complexity index is 238. The van der Waals surface area contributed by atoms with Crippen molar-refractivity contribution in [3.05, 3.63) is 25.3 Å². The molecule has 0 N–H and O–H groups in total. The second-order valence-corrected chi connectivity index (χ2v) is 4.26. The molecule has 0 saturated carbocycles. The zero-order chi connectivity index (χ0) is 11.2. The molecule has 0 rings (SSSR count). The minimum Gasteiger partial charge on any atom is -0.425 e. The maximum atomic E-state index is 10.9. The van der Waals surface area contributed by atoms with Gasteiger partial charge in [-0.15, -0.1) is 0 Å². The fraction of sp³-hybridized carbons (Fsp3) is 0.333. The molecule has 0 amide bonds. The zero-order valence-corrected chi connectivity index (χ0v) is 10.4. The summed E-state index contributed by atoms with van der Waals surface area (Å²) in [5, 5.41) is 0. The van der Waals surface area contributed by atoms with Crippen molar-refractivity contribution in [3.63, 3.8) is 0 Å². The lowest BCUT2D eigenvalue weighted by Gasteiger charge is -2.27. The lowest BCUT2D eigenvalue weighted by Crippen LogP contribution is -2.39. The van der Waals surface area contributed by atoms with E-state index in [0.29, 0.717) is 16.7 Å². The van der Waals surface area contributed by atoms with Crippen molar-refractivity contribution in [1.82, 2.24) is 0 Å². The van der Waals surface area contributed by atoms with E-state index in [1.54, 1.807) is 6.92 Å². The lowest BCUT2D eigenvalue weighted by atomic mass is 10.4. The number of rotatable bonds is 5. The van der Waals surface area contributed by atoms with Gasteiger partial charge in [0.25, 0.3) is 0 Å². The third kappa shape index (κ3) is 4.04. The fourth-order valence-electron chi connectivity index (χ4n) is 0.674. The van der Waals surface area contributed by atoms with Crippen LogP contribution < -0.4 is 0 Å². The molecule has 5 heteroatoms. The summed E-state index contributed by atoms with van der Waals surface area (Å²) >= 11 is 0. The number of hydrogen-bond acceptors (Lipinski definition) is 4. The molecule has 0 atom stereocenters. The Morgan fingerprint density at radius 2 is 1.64 bits per heavy atom. The summed E-state index contributed by atoms with van der Waals surface area (Å²) in [6.45, 7) is 8.28. The van der Waals surface area contributed by atoms with Crippen LogP contribution in [0.1, 0.15) is 13.3 Å². The standard InChI is InChI=1S/C9H14O4Si/c1-4-7(10)12-9(14,6-3)13-8(11)5-2/h4-5H,1-2,6H2,3,14H3. The first-order chi connectivity index (χ1) is 6.47. The second-order valence-electron chi connectivity index (χ2n) is 2.74. The van der Waals surface area contributed by atoms with Gasteiger partial charge in [-0.1, -0.05) is 20.1 Å². The van der Waals surface area contributed by atoms with Crippen LogP contribution in [0.15, 0.2) is 25.3 Å². The van der Waals surface area contributed by atoms with Crippen molar-refractivity contribution in [1.29, 1.82) is 0 Å². The molecule has 0 aromatic rings. The molecule has 0 spiro atoms. The summed E-state index contributed by atoms with van der Waals surface area (Å²) in [5.41, 5.74) is -1.11. The Balaban J connectivity index is 4.45. The smallest absolute Gasteiger partial charge is 0.333 e. The van der Waals surface area contributed by atoms with Gasteiger partial charge in [0, 0.05) is 18.6 Å². The van der Waals surface area contributed by atoms with Crippen molar-refractivity contribution >= 4 is 22.2 Å². The Morgan fingerprint density at radius 3 is 1.86 bits per heavy atom. The summed E-state index contributed by atoms with van der Waals surface area (Å²) in [6.07, 6.45) is 2.48. The monoisotopic (exact) mass is 214 g/mol. The number of ether oxygens (including phenoxy) is 2. The third-order valence-electron chi connectivity index (χ3n) is 1.61. The molecular formula is C9H14O4Si. The van der Waals surface area contributed by atoms with E-state index in [0.717, 1.165) is 12.2 Å². The Kier molecular flexibility index (Phi) is 4.86. The SMILES string of the molecule is C=CC(=O)OC([SiH3])(CC)OC(=O)C=C. The van der Waals surface area contributed by atoms with Crippen molar-refractivity contribution < 1.29 is 19.1 Å². The van der Waals surface area contributed by atoms with E-state index in [2.05, 4.69) is 13.2 Å². The number of carbonyl (C=O) groups excluding carboxylic acids is 2. The summed E-state index contributed by atoms with van der Waals surface area (Å²) in [4.78, 5) is 21.8. The quantitative estimate of drug-likeness (QED) is 0.277. The van der Waals surface area contributed by atoms with Crippen LogP contribution in [0, 0.1) is 0 Å². The summed E-state index contributed by atoms with van der Waals surface area (Å²) in [7, 11) is 0.392. The molecule has 0 radical (unpaired) electrons. The molecule has 0 bridgehead atoms. The van der Waals surface area contributed by atoms with Crippen LogP contribution in [0.5, 0.6) is 0 Å². The summed E-state index contributed by atoms with van der Waals surface area (Å²) in [6, 6.07) is 0. The minimum absolute atomic E-state index is 0.392. The first-order valence-corrected chi connectivity index (χ1v) is 5.18. The van der Waals surface area contributed by atoms with Crippen LogP contribution in [-0.4, -0.2) is 27.6 Å². The predicted octanol–water partition coefficient (Wildman–Crippen LogP) is -0.126. The van der Waals surface area contributed by atoms with Crippen molar-refractivity contribution in [3.8, 4) is 0 Å². The maximum absolute atomic E-state index is 10.9. The molecule has 0 saturated heterocycles.